The van der Waals surface area contributed by atoms with Crippen molar-refractivity contribution in [2.24, 2.45) is 0 Å². The highest BCUT2D eigenvalue weighted by molar-refractivity contribution is 7.98. The summed E-state index contributed by atoms with van der Waals surface area (Å²) < 4.78 is 3.78. The van der Waals surface area contributed by atoms with Crippen molar-refractivity contribution in [3.05, 3.63) is 70.0 Å². The molecule has 4 aromatic rings. The van der Waals surface area contributed by atoms with Gasteiger partial charge in [0.25, 0.3) is 5.56 Å². The lowest BCUT2D eigenvalue weighted by atomic mass is 10.2. The van der Waals surface area contributed by atoms with Gasteiger partial charge in [-0.25, -0.2) is 0 Å². The Morgan fingerprint density at radius 1 is 1.04 bits per heavy atom. The Hall–Kier alpha value is -2.60. The van der Waals surface area contributed by atoms with Gasteiger partial charge >= 0.3 is 0 Å². The number of hydrogen-bond donors (Lipinski definition) is 0. The summed E-state index contributed by atoms with van der Waals surface area (Å²) in [6.07, 6.45) is 1.96. The molecule has 0 unspecified atom stereocenters. The fraction of sp³-hybridized carbons (Fsp3) is 0.286. The highest BCUT2D eigenvalue weighted by Crippen LogP contribution is 2.25. The number of aromatic nitrogens is 4. The van der Waals surface area contributed by atoms with Crippen molar-refractivity contribution in [2.45, 2.75) is 44.1 Å². The third-order valence-corrected chi connectivity index (χ3v) is 5.70. The highest BCUT2D eigenvalue weighted by Gasteiger charge is 2.16. The second kappa shape index (κ2) is 7.56. The van der Waals surface area contributed by atoms with E-state index in [4.69, 9.17) is 0 Å². The molecule has 0 radical (unpaired) electrons. The summed E-state index contributed by atoms with van der Waals surface area (Å²) in [6.45, 7) is 4.87. The summed E-state index contributed by atoms with van der Waals surface area (Å²) in [6, 6.07) is 16.2. The van der Waals surface area contributed by atoms with E-state index >= 15 is 0 Å². The molecule has 138 valence electrons. The van der Waals surface area contributed by atoms with Crippen molar-refractivity contribution >= 4 is 28.4 Å². The van der Waals surface area contributed by atoms with Crippen LogP contribution in [0.2, 0.25) is 0 Å². The van der Waals surface area contributed by atoms with Crippen molar-refractivity contribution in [2.75, 3.05) is 0 Å². The molecule has 4 rings (SSSR count). The average Bonchev–Trinajstić information content (AvgIpc) is 3.11. The van der Waals surface area contributed by atoms with Crippen LogP contribution >= 0.6 is 11.8 Å². The van der Waals surface area contributed by atoms with Crippen molar-refractivity contribution in [1.82, 2.24) is 19.2 Å². The van der Waals surface area contributed by atoms with Crippen molar-refractivity contribution < 1.29 is 0 Å². The second-order valence-corrected chi connectivity index (χ2v) is 7.66. The monoisotopic (exact) mass is 378 g/mol. The molecule has 0 spiro atoms. The van der Waals surface area contributed by atoms with Crippen LogP contribution in [0.1, 0.15) is 30.9 Å². The Kier molecular flexibility index (Phi) is 4.99. The van der Waals surface area contributed by atoms with Gasteiger partial charge in [0.2, 0.25) is 5.78 Å². The van der Waals surface area contributed by atoms with Crippen LogP contribution in [0.3, 0.4) is 0 Å². The highest BCUT2D eigenvalue weighted by atomic mass is 32.2. The lowest BCUT2D eigenvalue weighted by molar-refractivity contribution is 0.620. The minimum absolute atomic E-state index is 0.00837. The minimum Gasteiger partial charge on any atom is -0.276 e. The van der Waals surface area contributed by atoms with Gasteiger partial charge in [-0.3, -0.25) is 13.8 Å². The molecule has 0 aliphatic heterocycles. The Morgan fingerprint density at radius 2 is 1.81 bits per heavy atom. The molecular formula is C21H22N4OS. The Morgan fingerprint density at radius 3 is 2.59 bits per heavy atom. The molecule has 2 aromatic heterocycles. The van der Waals surface area contributed by atoms with Gasteiger partial charge in [-0.2, -0.15) is 0 Å². The number of aryl methyl sites for hydroxylation is 2. The molecule has 0 fully saturated rings. The zero-order chi connectivity index (χ0) is 18.8. The second-order valence-electron chi connectivity index (χ2n) is 6.72. The van der Waals surface area contributed by atoms with Crippen LogP contribution in [0.5, 0.6) is 0 Å². The lowest BCUT2D eigenvalue weighted by Gasteiger charge is -2.10. The number of unbranched alkanes of at least 4 members (excludes halogenated alkanes) is 1. The number of nitrogens with zero attached hydrogens (tertiary/aromatic N) is 4. The summed E-state index contributed by atoms with van der Waals surface area (Å²) in [4.78, 5) is 12.9. The quantitative estimate of drug-likeness (QED) is 0.465. The maximum Gasteiger partial charge on any atom is 0.262 e. The smallest absolute Gasteiger partial charge is 0.262 e. The van der Waals surface area contributed by atoms with E-state index < -0.39 is 0 Å². The minimum atomic E-state index is 0.00837. The van der Waals surface area contributed by atoms with Crippen molar-refractivity contribution in [1.29, 1.82) is 0 Å². The van der Waals surface area contributed by atoms with Gasteiger partial charge in [-0.05, 0) is 31.0 Å². The third-order valence-electron chi connectivity index (χ3n) is 4.70. The van der Waals surface area contributed by atoms with E-state index in [1.165, 1.54) is 11.1 Å². The van der Waals surface area contributed by atoms with E-state index in [-0.39, 0.29) is 5.56 Å². The maximum absolute atomic E-state index is 12.9. The van der Waals surface area contributed by atoms with Crippen LogP contribution < -0.4 is 5.56 Å². The summed E-state index contributed by atoms with van der Waals surface area (Å²) in [5.74, 6) is 1.43. The standard InChI is InChI=1S/C21H22N4OS/c1-3-4-13-24-19(26)17-7-5-6-8-18(17)25-20(24)22-23-21(25)27-14-16-11-9-15(2)10-12-16/h5-12H,3-4,13-14H2,1-2H3. The third kappa shape index (κ3) is 3.37. The molecule has 2 heterocycles. The Bertz CT molecular complexity index is 1140. The molecule has 0 N–H and O–H groups in total. The van der Waals surface area contributed by atoms with Gasteiger partial charge < -0.3 is 0 Å². The molecule has 0 bridgehead atoms. The van der Waals surface area contributed by atoms with Gasteiger partial charge in [0, 0.05) is 12.3 Å². The predicted molar refractivity (Wildman–Crippen MR) is 110 cm³/mol. The number of hydrogen-bond acceptors (Lipinski definition) is 4. The van der Waals surface area contributed by atoms with E-state index in [2.05, 4.69) is 48.3 Å². The topological polar surface area (TPSA) is 52.2 Å². The van der Waals surface area contributed by atoms with Crippen LogP contribution in [0.25, 0.3) is 16.7 Å². The SMILES string of the molecule is CCCCn1c(=O)c2ccccc2n2c(SCc3ccc(C)cc3)nnc12. The summed E-state index contributed by atoms with van der Waals surface area (Å²) in [5, 5.41) is 10.3. The largest absolute Gasteiger partial charge is 0.276 e. The molecule has 0 aliphatic rings. The van der Waals surface area contributed by atoms with E-state index in [1.54, 1.807) is 16.3 Å². The first-order valence-electron chi connectivity index (χ1n) is 9.24. The van der Waals surface area contributed by atoms with E-state index in [1.807, 2.05) is 28.7 Å². The zero-order valence-electron chi connectivity index (χ0n) is 15.6. The number of para-hydroxylation sites is 1. The van der Waals surface area contributed by atoms with E-state index in [0.29, 0.717) is 17.7 Å². The Balaban J connectivity index is 1.81. The summed E-state index contributed by atoms with van der Waals surface area (Å²) in [5.41, 5.74) is 3.37. The predicted octanol–water partition coefficient (Wildman–Crippen LogP) is 4.45. The lowest BCUT2D eigenvalue weighted by Crippen LogP contribution is -2.23. The van der Waals surface area contributed by atoms with E-state index in [9.17, 15) is 4.79 Å². The van der Waals surface area contributed by atoms with Gasteiger partial charge in [0.1, 0.15) is 0 Å². The van der Waals surface area contributed by atoms with Crippen LogP contribution in [0.4, 0.5) is 0 Å². The van der Waals surface area contributed by atoms with Crippen LogP contribution in [-0.4, -0.2) is 19.2 Å². The molecule has 0 saturated heterocycles. The first-order valence-corrected chi connectivity index (χ1v) is 10.2. The van der Waals surface area contributed by atoms with Crippen LogP contribution in [0, 0.1) is 6.92 Å². The Labute approximate surface area is 162 Å². The van der Waals surface area contributed by atoms with Gasteiger partial charge in [0.05, 0.1) is 10.9 Å². The van der Waals surface area contributed by atoms with Crippen molar-refractivity contribution in [3.63, 3.8) is 0 Å². The molecule has 5 nitrogen and oxygen atoms in total. The zero-order valence-corrected chi connectivity index (χ0v) is 16.4. The van der Waals surface area contributed by atoms with Crippen molar-refractivity contribution in [3.8, 4) is 0 Å². The molecule has 2 aromatic carbocycles. The fourth-order valence-corrected chi connectivity index (χ4v) is 4.07. The maximum atomic E-state index is 12.9. The number of thioether (sulfide) groups is 1. The molecule has 27 heavy (non-hydrogen) atoms. The van der Waals surface area contributed by atoms with Gasteiger partial charge in [-0.15, -0.1) is 10.2 Å². The summed E-state index contributed by atoms with van der Waals surface area (Å²) >= 11 is 1.64. The molecule has 0 saturated carbocycles. The molecule has 0 atom stereocenters. The first-order chi connectivity index (χ1) is 13.2. The van der Waals surface area contributed by atoms with Gasteiger partial charge in [0.15, 0.2) is 5.16 Å². The van der Waals surface area contributed by atoms with E-state index in [0.717, 1.165) is 29.3 Å². The molecule has 6 heteroatoms. The first kappa shape index (κ1) is 17.8. The molecule has 0 aliphatic carbocycles. The number of benzene rings is 2. The number of rotatable bonds is 6. The van der Waals surface area contributed by atoms with Gasteiger partial charge in [-0.1, -0.05) is 67.1 Å². The molecule has 0 amide bonds. The average molecular weight is 379 g/mol. The fourth-order valence-electron chi connectivity index (χ4n) is 3.18. The number of fused-ring (bicyclic) bond motifs is 3. The normalized spacial score (nSPS) is 11.5. The molecular weight excluding hydrogens is 356 g/mol. The van der Waals surface area contributed by atoms with Crippen LogP contribution in [0.15, 0.2) is 58.5 Å². The summed E-state index contributed by atoms with van der Waals surface area (Å²) in [7, 11) is 0. The van der Waals surface area contributed by atoms with Crippen LogP contribution in [-0.2, 0) is 12.3 Å².